The van der Waals surface area contributed by atoms with Crippen LogP contribution in [0.5, 0.6) is 0 Å². The van der Waals surface area contributed by atoms with E-state index in [-0.39, 0.29) is 16.5 Å². The van der Waals surface area contributed by atoms with Crippen LogP contribution in [0.2, 0.25) is 5.15 Å². The Bertz CT molecular complexity index is 813. The summed E-state index contributed by atoms with van der Waals surface area (Å²) in [6, 6.07) is 3.59. The van der Waals surface area contributed by atoms with Gasteiger partial charge in [0.2, 0.25) is 0 Å². The summed E-state index contributed by atoms with van der Waals surface area (Å²) in [4.78, 5) is 17.2. The molecule has 10 heteroatoms. The van der Waals surface area contributed by atoms with Gasteiger partial charge in [-0.05, 0) is 18.2 Å². The lowest BCUT2D eigenvalue weighted by atomic mass is 10.2. The second-order valence-corrected chi connectivity index (χ2v) is 5.82. The van der Waals surface area contributed by atoms with Gasteiger partial charge >= 0.3 is 5.97 Å². The SMILES string of the molecule is O=C(O)c1ccc(S(=O)(=O)Nc2cc(Cl)ncn2)c(F)c1. The van der Waals surface area contributed by atoms with Crippen molar-refractivity contribution in [2.24, 2.45) is 0 Å². The molecule has 0 aliphatic rings. The van der Waals surface area contributed by atoms with Crippen molar-refractivity contribution < 1.29 is 22.7 Å². The van der Waals surface area contributed by atoms with Gasteiger partial charge in [-0.1, -0.05) is 11.6 Å². The van der Waals surface area contributed by atoms with E-state index in [0.717, 1.165) is 24.5 Å². The minimum absolute atomic E-state index is 0.00407. The minimum atomic E-state index is -4.27. The van der Waals surface area contributed by atoms with Crippen LogP contribution in [0, 0.1) is 5.82 Å². The zero-order chi connectivity index (χ0) is 15.6. The Morgan fingerprint density at radius 1 is 1.29 bits per heavy atom. The molecule has 0 fully saturated rings. The van der Waals surface area contributed by atoms with Gasteiger partial charge in [-0.3, -0.25) is 4.72 Å². The minimum Gasteiger partial charge on any atom is -0.478 e. The standard InChI is InChI=1S/C11H7ClFN3O4S/c12-9-4-10(15-5-14-9)16-21(19,20)8-2-1-6(11(17)18)3-7(8)13/h1-5H,(H,17,18)(H,14,15,16). The third-order valence-electron chi connectivity index (χ3n) is 2.34. The number of carboxylic acid groups (broad SMARTS) is 1. The molecular weight excluding hydrogens is 325 g/mol. The van der Waals surface area contributed by atoms with Crippen LogP contribution in [-0.4, -0.2) is 29.5 Å². The maximum absolute atomic E-state index is 13.7. The van der Waals surface area contributed by atoms with Crippen molar-refractivity contribution in [1.82, 2.24) is 9.97 Å². The average Bonchev–Trinajstić information content (AvgIpc) is 2.37. The van der Waals surface area contributed by atoms with Gasteiger partial charge in [0, 0.05) is 6.07 Å². The number of anilines is 1. The molecule has 0 bridgehead atoms. The Kier molecular flexibility index (Phi) is 4.05. The van der Waals surface area contributed by atoms with Crippen LogP contribution in [-0.2, 0) is 10.0 Å². The number of nitrogens with zero attached hydrogens (tertiary/aromatic N) is 2. The molecule has 0 saturated carbocycles. The first-order chi connectivity index (χ1) is 9.79. The maximum atomic E-state index is 13.7. The third-order valence-corrected chi connectivity index (χ3v) is 3.94. The lowest BCUT2D eigenvalue weighted by molar-refractivity contribution is 0.0696. The second kappa shape index (κ2) is 5.62. The highest BCUT2D eigenvalue weighted by Gasteiger charge is 2.21. The van der Waals surface area contributed by atoms with Gasteiger partial charge in [-0.25, -0.2) is 27.6 Å². The molecule has 0 aliphatic carbocycles. The van der Waals surface area contributed by atoms with Gasteiger partial charge in [0.25, 0.3) is 10.0 Å². The van der Waals surface area contributed by atoms with Crippen LogP contribution >= 0.6 is 11.6 Å². The first-order valence-corrected chi connectivity index (χ1v) is 7.19. The number of carbonyl (C=O) groups is 1. The number of carboxylic acids is 1. The molecule has 1 aromatic carbocycles. The van der Waals surface area contributed by atoms with Gasteiger partial charge in [-0.2, -0.15) is 0 Å². The van der Waals surface area contributed by atoms with E-state index < -0.39 is 26.7 Å². The number of aromatic carboxylic acids is 1. The predicted molar refractivity (Wildman–Crippen MR) is 71.2 cm³/mol. The summed E-state index contributed by atoms with van der Waals surface area (Å²) in [5, 5.41) is 8.71. The average molecular weight is 332 g/mol. The Morgan fingerprint density at radius 2 is 2.00 bits per heavy atom. The van der Waals surface area contributed by atoms with E-state index in [9.17, 15) is 17.6 Å². The van der Waals surface area contributed by atoms with E-state index in [1.165, 1.54) is 0 Å². The van der Waals surface area contributed by atoms with Crippen LogP contribution in [0.4, 0.5) is 10.2 Å². The van der Waals surface area contributed by atoms with Gasteiger partial charge in [0.15, 0.2) is 0 Å². The van der Waals surface area contributed by atoms with Crippen LogP contribution in [0.15, 0.2) is 35.5 Å². The number of benzene rings is 1. The molecule has 7 nitrogen and oxygen atoms in total. The van der Waals surface area contributed by atoms with Gasteiger partial charge in [-0.15, -0.1) is 0 Å². The molecule has 110 valence electrons. The van der Waals surface area contributed by atoms with Crippen molar-refractivity contribution >= 4 is 33.4 Å². The van der Waals surface area contributed by atoms with Crippen LogP contribution in [0.25, 0.3) is 0 Å². The fourth-order valence-corrected chi connectivity index (χ4v) is 2.64. The van der Waals surface area contributed by atoms with Crippen LogP contribution < -0.4 is 4.72 Å². The fraction of sp³-hybridized carbons (Fsp3) is 0. The quantitative estimate of drug-likeness (QED) is 0.826. The lowest BCUT2D eigenvalue weighted by Crippen LogP contribution is -2.16. The molecule has 2 N–H and O–H groups in total. The number of sulfonamides is 1. The molecule has 0 unspecified atom stereocenters. The van der Waals surface area contributed by atoms with E-state index in [2.05, 4.69) is 9.97 Å². The highest BCUT2D eigenvalue weighted by Crippen LogP contribution is 2.20. The monoisotopic (exact) mass is 331 g/mol. The number of hydrogen-bond acceptors (Lipinski definition) is 5. The number of halogens is 2. The number of nitrogens with one attached hydrogen (secondary N) is 1. The summed E-state index contributed by atoms with van der Waals surface area (Å²) in [5.74, 6) is -2.70. The van der Waals surface area contributed by atoms with Gasteiger partial charge in [0.1, 0.15) is 28.0 Å². The van der Waals surface area contributed by atoms with Crippen molar-refractivity contribution in [3.63, 3.8) is 0 Å². The Morgan fingerprint density at radius 3 is 2.57 bits per heavy atom. The normalized spacial score (nSPS) is 11.1. The summed E-state index contributed by atoms with van der Waals surface area (Å²) in [7, 11) is -4.27. The van der Waals surface area contributed by atoms with Crippen molar-refractivity contribution in [2.45, 2.75) is 4.90 Å². The molecule has 2 aromatic rings. The fourth-order valence-electron chi connectivity index (χ4n) is 1.43. The van der Waals surface area contributed by atoms with E-state index in [1.807, 2.05) is 4.72 Å². The van der Waals surface area contributed by atoms with Gasteiger partial charge < -0.3 is 5.11 Å². The zero-order valence-corrected chi connectivity index (χ0v) is 11.7. The van der Waals surface area contributed by atoms with E-state index in [0.29, 0.717) is 6.07 Å². The lowest BCUT2D eigenvalue weighted by Gasteiger charge is -2.08. The summed E-state index contributed by atoms with van der Waals surface area (Å²) < 4.78 is 39.8. The molecule has 21 heavy (non-hydrogen) atoms. The van der Waals surface area contributed by atoms with E-state index in [1.54, 1.807) is 0 Å². The van der Waals surface area contributed by atoms with E-state index >= 15 is 0 Å². The van der Waals surface area contributed by atoms with E-state index in [4.69, 9.17) is 16.7 Å². The predicted octanol–water partition coefficient (Wildman–Crippen LogP) is 1.77. The molecule has 0 atom stereocenters. The third kappa shape index (κ3) is 3.44. The van der Waals surface area contributed by atoms with Crippen LogP contribution in [0.1, 0.15) is 10.4 Å². The Hall–Kier alpha value is -2.26. The molecule has 2 rings (SSSR count). The summed E-state index contributed by atoms with van der Waals surface area (Å²) in [6.07, 6.45) is 1.03. The van der Waals surface area contributed by atoms with Gasteiger partial charge in [0.05, 0.1) is 5.56 Å². The first kappa shape index (κ1) is 15.1. The summed E-state index contributed by atoms with van der Waals surface area (Å²) in [6.45, 7) is 0. The van der Waals surface area contributed by atoms with Crippen molar-refractivity contribution in [2.75, 3.05) is 4.72 Å². The Balaban J connectivity index is 2.38. The molecule has 0 amide bonds. The maximum Gasteiger partial charge on any atom is 0.335 e. The summed E-state index contributed by atoms with van der Waals surface area (Å²) in [5.41, 5.74) is -0.364. The highest BCUT2D eigenvalue weighted by atomic mass is 35.5. The molecular formula is C11H7ClFN3O4S. The zero-order valence-electron chi connectivity index (χ0n) is 10.1. The molecule has 0 radical (unpaired) electrons. The number of rotatable bonds is 4. The van der Waals surface area contributed by atoms with Crippen molar-refractivity contribution in [1.29, 1.82) is 0 Å². The second-order valence-electron chi connectivity index (χ2n) is 3.78. The smallest absolute Gasteiger partial charge is 0.335 e. The molecule has 0 spiro atoms. The summed E-state index contributed by atoms with van der Waals surface area (Å²) >= 11 is 5.58. The highest BCUT2D eigenvalue weighted by molar-refractivity contribution is 7.92. The first-order valence-electron chi connectivity index (χ1n) is 5.33. The van der Waals surface area contributed by atoms with Crippen molar-refractivity contribution in [3.8, 4) is 0 Å². The van der Waals surface area contributed by atoms with Crippen molar-refractivity contribution in [3.05, 3.63) is 47.1 Å². The topological polar surface area (TPSA) is 109 Å². The molecule has 1 heterocycles. The molecule has 0 aliphatic heterocycles. The molecule has 1 aromatic heterocycles. The van der Waals surface area contributed by atoms with Crippen LogP contribution in [0.3, 0.4) is 0 Å². The largest absolute Gasteiger partial charge is 0.478 e. The number of hydrogen-bond donors (Lipinski definition) is 2. The number of aromatic nitrogens is 2. The Labute approximate surface area is 123 Å². The molecule has 0 saturated heterocycles.